The molecule has 0 spiro atoms. The van der Waals surface area contributed by atoms with Crippen LogP contribution in [0.1, 0.15) is 28.1 Å². The van der Waals surface area contributed by atoms with Gasteiger partial charge in [0.2, 0.25) is 0 Å². The van der Waals surface area contributed by atoms with Crippen molar-refractivity contribution in [1.29, 1.82) is 0 Å². The Bertz CT molecular complexity index is 736. The lowest BCUT2D eigenvalue weighted by atomic mass is 10.1. The molecule has 2 heteroatoms. The van der Waals surface area contributed by atoms with Gasteiger partial charge in [0.05, 0.1) is 11.0 Å². The SMILES string of the molecule is Cc1ccc(CCc2nc3c(C)cc(C)cc3[nH]2)cc1. The number of fused-ring (bicyclic) bond motifs is 1. The Hall–Kier alpha value is -2.09. The highest BCUT2D eigenvalue weighted by molar-refractivity contribution is 5.79. The molecule has 2 aromatic carbocycles. The summed E-state index contributed by atoms with van der Waals surface area (Å²) in [5.41, 5.74) is 7.46. The van der Waals surface area contributed by atoms with Crippen molar-refractivity contribution in [2.75, 3.05) is 0 Å². The molecule has 0 radical (unpaired) electrons. The van der Waals surface area contributed by atoms with Crippen molar-refractivity contribution < 1.29 is 0 Å². The quantitative estimate of drug-likeness (QED) is 0.751. The zero-order valence-electron chi connectivity index (χ0n) is 12.3. The van der Waals surface area contributed by atoms with Crippen LogP contribution in [-0.4, -0.2) is 9.97 Å². The highest BCUT2D eigenvalue weighted by Gasteiger charge is 2.06. The summed E-state index contributed by atoms with van der Waals surface area (Å²) in [5, 5.41) is 0. The highest BCUT2D eigenvalue weighted by atomic mass is 14.9. The Morgan fingerprint density at radius 1 is 0.900 bits per heavy atom. The Labute approximate surface area is 119 Å². The molecule has 1 aromatic heterocycles. The second-order valence-corrected chi connectivity index (χ2v) is 5.65. The van der Waals surface area contributed by atoms with Crippen molar-refractivity contribution in [2.45, 2.75) is 33.6 Å². The number of hydrogen-bond donors (Lipinski definition) is 1. The number of benzene rings is 2. The van der Waals surface area contributed by atoms with Gasteiger partial charge >= 0.3 is 0 Å². The molecule has 0 aliphatic rings. The molecule has 1 heterocycles. The fraction of sp³-hybridized carbons (Fsp3) is 0.278. The number of aromatic nitrogens is 2. The van der Waals surface area contributed by atoms with E-state index < -0.39 is 0 Å². The van der Waals surface area contributed by atoms with Gasteiger partial charge in [-0.1, -0.05) is 35.9 Å². The van der Waals surface area contributed by atoms with Crippen LogP contribution in [0.3, 0.4) is 0 Å². The van der Waals surface area contributed by atoms with E-state index in [9.17, 15) is 0 Å². The average molecular weight is 264 g/mol. The largest absolute Gasteiger partial charge is 0.342 e. The number of rotatable bonds is 3. The third-order valence-electron chi connectivity index (χ3n) is 3.74. The normalized spacial score (nSPS) is 11.2. The molecular weight excluding hydrogens is 244 g/mol. The van der Waals surface area contributed by atoms with E-state index in [0.29, 0.717) is 0 Å². The van der Waals surface area contributed by atoms with Crippen LogP contribution in [0.25, 0.3) is 11.0 Å². The summed E-state index contributed by atoms with van der Waals surface area (Å²) in [4.78, 5) is 8.18. The molecule has 2 nitrogen and oxygen atoms in total. The van der Waals surface area contributed by atoms with Gasteiger partial charge in [0.25, 0.3) is 0 Å². The molecule has 0 fully saturated rings. The molecule has 0 aliphatic carbocycles. The Kier molecular flexibility index (Phi) is 3.31. The van der Waals surface area contributed by atoms with Gasteiger partial charge in [0.1, 0.15) is 5.82 Å². The zero-order chi connectivity index (χ0) is 14.1. The fourth-order valence-electron chi connectivity index (χ4n) is 2.66. The Balaban J connectivity index is 1.81. The van der Waals surface area contributed by atoms with Crippen molar-refractivity contribution in [3.05, 3.63) is 64.5 Å². The van der Waals surface area contributed by atoms with Crippen LogP contribution < -0.4 is 0 Å². The minimum absolute atomic E-state index is 0.955. The summed E-state index contributed by atoms with van der Waals surface area (Å²) >= 11 is 0. The lowest BCUT2D eigenvalue weighted by molar-refractivity contribution is 0.889. The molecule has 3 aromatic rings. The molecule has 0 saturated heterocycles. The average Bonchev–Trinajstić information content (AvgIpc) is 2.81. The third kappa shape index (κ3) is 2.60. The van der Waals surface area contributed by atoms with Crippen molar-refractivity contribution in [3.63, 3.8) is 0 Å². The topological polar surface area (TPSA) is 28.7 Å². The summed E-state index contributed by atoms with van der Waals surface area (Å²) in [7, 11) is 0. The van der Waals surface area contributed by atoms with E-state index >= 15 is 0 Å². The molecule has 3 rings (SSSR count). The van der Waals surface area contributed by atoms with Crippen LogP contribution in [-0.2, 0) is 12.8 Å². The van der Waals surface area contributed by atoms with E-state index in [1.165, 1.54) is 22.3 Å². The second kappa shape index (κ2) is 5.12. The van der Waals surface area contributed by atoms with Gasteiger partial charge in [-0.05, 0) is 49.9 Å². The molecule has 0 bridgehead atoms. The first kappa shape index (κ1) is 12.9. The molecule has 0 saturated carbocycles. The zero-order valence-corrected chi connectivity index (χ0v) is 12.3. The first-order valence-electron chi connectivity index (χ1n) is 7.13. The van der Waals surface area contributed by atoms with Gasteiger partial charge in [-0.25, -0.2) is 4.98 Å². The summed E-state index contributed by atoms with van der Waals surface area (Å²) < 4.78 is 0. The molecule has 1 N–H and O–H groups in total. The van der Waals surface area contributed by atoms with E-state index in [2.05, 4.69) is 62.2 Å². The predicted octanol–water partition coefficient (Wildman–Crippen LogP) is 4.27. The predicted molar refractivity (Wildman–Crippen MR) is 84.2 cm³/mol. The van der Waals surface area contributed by atoms with Crippen molar-refractivity contribution in [3.8, 4) is 0 Å². The minimum atomic E-state index is 0.955. The molecule has 20 heavy (non-hydrogen) atoms. The van der Waals surface area contributed by atoms with E-state index in [1.807, 2.05) is 0 Å². The summed E-state index contributed by atoms with van der Waals surface area (Å²) in [6, 6.07) is 13.1. The van der Waals surface area contributed by atoms with Gasteiger partial charge in [0.15, 0.2) is 0 Å². The summed E-state index contributed by atoms with van der Waals surface area (Å²) in [6.07, 6.45) is 1.98. The number of hydrogen-bond acceptors (Lipinski definition) is 1. The van der Waals surface area contributed by atoms with Crippen molar-refractivity contribution in [1.82, 2.24) is 9.97 Å². The number of nitrogens with one attached hydrogen (secondary N) is 1. The molecule has 0 atom stereocenters. The number of aryl methyl sites for hydroxylation is 5. The second-order valence-electron chi connectivity index (χ2n) is 5.65. The van der Waals surface area contributed by atoms with Crippen LogP contribution >= 0.6 is 0 Å². The van der Waals surface area contributed by atoms with Crippen LogP contribution in [0.15, 0.2) is 36.4 Å². The van der Waals surface area contributed by atoms with E-state index in [-0.39, 0.29) is 0 Å². The minimum Gasteiger partial charge on any atom is -0.342 e. The first-order valence-corrected chi connectivity index (χ1v) is 7.13. The number of H-pyrrole nitrogens is 1. The van der Waals surface area contributed by atoms with Crippen molar-refractivity contribution in [2.24, 2.45) is 0 Å². The first-order chi connectivity index (χ1) is 9.61. The standard InChI is InChI=1S/C18H20N2/c1-12-4-6-15(7-5-12)8-9-17-19-16-11-13(2)10-14(3)18(16)20-17/h4-7,10-11H,8-9H2,1-3H3,(H,19,20). The maximum atomic E-state index is 4.73. The molecular formula is C18H20N2. The van der Waals surface area contributed by atoms with E-state index in [0.717, 1.165) is 29.7 Å². The van der Waals surface area contributed by atoms with Crippen LogP contribution in [0.2, 0.25) is 0 Å². The summed E-state index contributed by atoms with van der Waals surface area (Å²) in [6.45, 7) is 6.37. The number of nitrogens with zero attached hydrogens (tertiary/aromatic N) is 1. The Morgan fingerprint density at radius 2 is 1.65 bits per heavy atom. The van der Waals surface area contributed by atoms with Gasteiger partial charge in [-0.2, -0.15) is 0 Å². The van der Waals surface area contributed by atoms with E-state index in [4.69, 9.17) is 4.98 Å². The molecule has 0 unspecified atom stereocenters. The van der Waals surface area contributed by atoms with E-state index in [1.54, 1.807) is 0 Å². The number of imidazole rings is 1. The summed E-state index contributed by atoms with van der Waals surface area (Å²) in [5.74, 6) is 1.08. The van der Waals surface area contributed by atoms with Crippen LogP contribution in [0.5, 0.6) is 0 Å². The highest BCUT2D eigenvalue weighted by Crippen LogP contribution is 2.19. The van der Waals surface area contributed by atoms with Gasteiger partial charge in [-0.3, -0.25) is 0 Å². The van der Waals surface area contributed by atoms with Gasteiger partial charge in [0, 0.05) is 6.42 Å². The smallest absolute Gasteiger partial charge is 0.107 e. The van der Waals surface area contributed by atoms with Gasteiger partial charge in [-0.15, -0.1) is 0 Å². The molecule has 0 aliphatic heterocycles. The van der Waals surface area contributed by atoms with Crippen LogP contribution in [0.4, 0.5) is 0 Å². The maximum Gasteiger partial charge on any atom is 0.107 e. The van der Waals surface area contributed by atoms with Crippen molar-refractivity contribution >= 4 is 11.0 Å². The lowest BCUT2D eigenvalue weighted by Gasteiger charge is -1.99. The van der Waals surface area contributed by atoms with Gasteiger partial charge < -0.3 is 4.98 Å². The molecule has 102 valence electrons. The third-order valence-corrected chi connectivity index (χ3v) is 3.74. The number of aromatic amines is 1. The Morgan fingerprint density at radius 3 is 2.40 bits per heavy atom. The fourth-order valence-corrected chi connectivity index (χ4v) is 2.66. The maximum absolute atomic E-state index is 4.73. The monoisotopic (exact) mass is 264 g/mol. The van der Waals surface area contributed by atoms with Crippen LogP contribution in [0, 0.1) is 20.8 Å². The lowest BCUT2D eigenvalue weighted by Crippen LogP contribution is -1.93. The molecule has 0 amide bonds.